The van der Waals surface area contributed by atoms with Crippen molar-refractivity contribution in [1.29, 1.82) is 0 Å². The summed E-state index contributed by atoms with van der Waals surface area (Å²) < 4.78 is 24.1. The number of benzene rings is 1. The number of hydrogen-bond donors (Lipinski definition) is 2. The number of rotatable bonds is 28. The average Bonchev–Trinajstić information content (AvgIpc) is 3.70. The van der Waals surface area contributed by atoms with Gasteiger partial charge in [-0.3, -0.25) is 9.00 Å². The van der Waals surface area contributed by atoms with Crippen molar-refractivity contribution in [3.05, 3.63) is 30.3 Å². The second-order valence-corrected chi connectivity index (χ2v) is 16.8. The third kappa shape index (κ3) is 14.5. The molecule has 1 aromatic rings. The zero-order valence-corrected chi connectivity index (χ0v) is 31.4. The molecule has 2 aliphatic heterocycles. The molecule has 1 aromatic carbocycles. The molecular weight excluding hydrogens is 621 g/mol. The van der Waals surface area contributed by atoms with Crippen LogP contribution in [0.5, 0.6) is 0 Å². The Morgan fingerprint density at radius 3 is 1.58 bits per heavy atom. The lowest BCUT2D eigenvalue weighted by molar-refractivity contribution is -0.142. The summed E-state index contributed by atoms with van der Waals surface area (Å²) in [5, 5.41) is 21.3. The molecule has 48 heavy (non-hydrogen) atoms. The number of esters is 1. The molecule has 0 amide bonds. The monoisotopic (exact) mass is 690 g/mol. The van der Waals surface area contributed by atoms with Crippen molar-refractivity contribution in [2.24, 2.45) is 0 Å². The normalized spacial score (nSPS) is 24.5. The maximum absolute atomic E-state index is 13.4. The van der Waals surface area contributed by atoms with Crippen LogP contribution in [0.4, 0.5) is 0 Å². The highest BCUT2D eigenvalue weighted by Crippen LogP contribution is 2.39. The Bertz CT molecular complexity index is 1000. The summed E-state index contributed by atoms with van der Waals surface area (Å²) in [6.07, 6.45) is 27.7. The Hall–Kier alpha value is -1.28. The predicted molar refractivity (Wildman–Crippen MR) is 198 cm³/mol. The molecular formula is C41H70O6S. The van der Waals surface area contributed by atoms with E-state index in [4.69, 9.17) is 9.47 Å². The summed E-state index contributed by atoms with van der Waals surface area (Å²) in [6.45, 7) is 4.15. The van der Waals surface area contributed by atoms with Gasteiger partial charge in [-0.25, -0.2) is 0 Å². The Morgan fingerprint density at radius 2 is 1.15 bits per heavy atom. The van der Waals surface area contributed by atoms with Gasteiger partial charge in [0.25, 0.3) is 0 Å². The number of cyclic esters (lactones) is 1. The van der Waals surface area contributed by atoms with Crippen LogP contribution >= 0.6 is 0 Å². The molecule has 2 saturated heterocycles. The van der Waals surface area contributed by atoms with E-state index >= 15 is 0 Å². The number of aliphatic hydroxyl groups excluding tert-OH is 2. The minimum atomic E-state index is -1.39. The van der Waals surface area contributed by atoms with E-state index in [1.165, 1.54) is 89.9 Å². The van der Waals surface area contributed by atoms with Crippen molar-refractivity contribution >= 4 is 16.8 Å². The Kier molecular flexibility index (Phi) is 20.6. The lowest BCUT2D eigenvalue weighted by Crippen LogP contribution is -2.39. The van der Waals surface area contributed by atoms with E-state index in [1.54, 1.807) is 0 Å². The van der Waals surface area contributed by atoms with Crippen LogP contribution in [-0.2, 0) is 25.1 Å². The number of unbranched alkanes of at least 4 members (excludes halogenated alkanes) is 18. The molecule has 6 nitrogen and oxygen atoms in total. The van der Waals surface area contributed by atoms with Gasteiger partial charge in [0.2, 0.25) is 0 Å². The number of aliphatic hydroxyl groups is 2. The summed E-state index contributed by atoms with van der Waals surface area (Å²) >= 11 is 0. The van der Waals surface area contributed by atoms with E-state index in [1.807, 2.05) is 37.3 Å². The molecule has 0 bridgehead atoms. The minimum absolute atomic E-state index is 0.0975. The van der Waals surface area contributed by atoms with Gasteiger partial charge < -0.3 is 19.7 Å². The average molecular weight is 691 g/mol. The first-order valence-corrected chi connectivity index (χ1v) is 21.2. The Morgan fingerprint density at radius 1 is 0.708 bits per heavy atom. The molecule has 2 N–H and O–H groups in total. The van der Waals surface area contributed by atoms with E-state index in [2.05, 4.69) is 6.92 Å². The van der Waals surface area contributed by atoms with E-state index in [0.717, 1.165) is 64.2 Å². The molecule has 276 valence electrons. The van der Waals surface area contributed by atoms with Gasteiger partial charge in [-0.15, -0.1) is 0 Å². The molecule has 3 rings (SSSR count). The molecule has 0 radical (unpaired) electrons. The van der Waals surface area contributed by atoms with E-state index in [9.17, 15) is 19.2 Å². The molecule has 0 saturated carbocycles. The third-order valence-electron chi connectivity index (χ3n) is 10.7. The number of carbonyl (C=O) groups excluding carboxylic acids is 1. The molecule has 0 spiro atoms. The predicted octanol–water partition coefficient (Wildman–Crippen LogP) is 10.1. The van der Waals surface area contributed by atoms with Gasteiger partial charge in [-0.1, -0.05) is 154 Å². The first kappa shape index (κ1) is 41.1. The second-order valence-electron chi connectivity index (χ2n) is 15.0. The zero-order valence-electron chi connectivity index (χ0n) is 30.6. The van der Waals surface area contributed by atoms with Gasteiger partial charge in [-0.05, 0) is 51.2 Å². The van der Waals surface area contributed by atoms with Crippen molar-refractivity contribution in [3.63, 3.8) is 0 Å². The third-order valence-corrected chi connectivity index (χ3v) is 12.7. The molecule has 7 heteroatoms. The van der Waals surface area contributed by atoms with Gasteiger partial charge >= 0.3 is 5.97 Å². The molecule has 2 aliphatic rings. The van der Waals surface area contributed by atoms with Gasteiger partial charge in [0.1, 0.15) is 6.10 Å². The summed E-state index contributed by atoms with van der Waals surface area (Å²) in [4.78, 5) is 13.5. The summed E-state index contributed by atoms with van der Waals surface area (Å²) in [5.74, 6) is -0.287. The summed E-state index contributed by atoms with van der Waals surface area (Å²) in [6, 6.07) is 9.37. The van der Waals surface area contributed by atoms with Crippen LogP contribution in [-0.4, -0.2) is 55.7 Å². The lowest BCUT2D eigenvalue weighted by Gasteiger charge is -2.24. The summed E-state index contributed by atoms with van der Waals surface area (Å²) in [5.41, 5.74) is 0. The van der Waals surface area contributed by atoms with Gasteiger partial charge in [0.05, 0.1) is 35.2 Å². The molecule has 2 unspecified atom stereocenters. The first-order valence-electron chi connectivity index (χ1n) is 20.1. The van der Waals surface area contributed by atoms with Crippen LogP contribution < -0.4 is 0 Å². The lowest BCUT2D eigenvalue weighted by atomic mass is 9.96. The number of ether oxygens (including phenoxy) is 2. The number of carbonyl (C=O) groups is 1. The van der Waals surface area contributed by atoms with Crippen molar-refractivity contribution in [2.75, 3.05) is 0 Å². The largest absolute Gasteiger partial charge is 0.461 e. The van der Waals surface area contributed by atoms with Crippen LogP contribution in [0.25, 0.3) is 0 Å². The second kappa shape index (κ2) is 24.0. The van der Waals surface area contributed by atoms with Gasteiger partial charge in [0.15, 0.2) is 4.75 Å². The first-order chi connectivity index (χ1) is 23.4. The topological polar surface area (TPSA) is 93.1 Å². The smallest absolute Gasteiger partial charge is 0.325 e. The number of hydrogen-bond acceptors (Lipinski definition) is 6. The quantitative estimate of drug-likeness (QED) is 0.0672. The highest BCUT2D eigenvalue weighted by molar-refractivity contribution is 7.87. The van der Waals surface area contributed by atoms with Crippen LogP contribution in [0, 0.1) is 0 Å². The van der Waals surface area contributed by atoms with Crippen LogP contribution in [0.1, 0.15) is 181 Å². The minimum Gasteiger partial charge on any atom is -0.461 e. The maximum Gasteiger partial charge on any atom is 0.325 e. The van der Waals surface area contributed by atoms with Crippen molar-refractivity contribution in [3.8, 4) is 0 Å². The van der Waals surface area contributed by atoms with E-state index < -0.39 is 21.7 Å². The Labute approximate surface area is 296 Å². The molecule has 2 fully saturated rings. The fraction of sp³-hybridized carbons (Fsp3) is 0.829. The van der Waals surface area contributed by atoms with Crippen molar-refractivity contribution in [2.45, 2.75) is 221 Å². The van der Waals surface area contributed by atoms with Crippen LogP contribution in [0.2, 0.25) is 0 Å². The SMILES string of the molecule is CCCCCCCCCC[C@@H](O)[C@H]1CC[C@@H]([C@@H](O)CCCCCCCCCCCCCCC2(S(=O)c3ccccc3)C[C@H](C)OC2=O)O1. The maximum atomic E-state index is 13.4. The highest BCUT2D eigenvalue weighted by Gasteiger charge is 2.52. The molecule has 7 atom stereocenters. The zero-order chi connectivity index (χ0) is 34.5. The van der Waals surface area contributed by atoms with E-state index in [-0.39, 0.29) is 30.4 Å². The van der Waals surface area contributed by atoms with Crippen molar-refractivity contribution < 1.29 is 28.7 Å². The Balaban J connectivity index is 1.12. The fourth-order valence-corrected chi connectivity index (χ4v) is 9.51. The van der Waals surface area contributed by atoms with E-state index in [0.29, 0.717) is 17.7 Å². The van der Waals surface area contributed by atoms with Gasteiger partial charge in [-0.2, -0.15) is 0 Å². The summed E-state index contributed by atoms with van der Waals surface area (Å²) in [7, 11) is -1.39. The molecule has 0 aromatic heterocycles. The standard InChI is InChI=1S/C41H70O6S/c1-3-4-5-6-7-14-17-23-28-36(42)38-30-31-39(47-38)37(43)29-24-18-15-12-10-8-9-11-13-16-19-25-32-41(33-34(2)46-40(41)44)48(45)35-26-21-20-22-27-35/h20-22,26-27,34,36-39,42-43H,3-19,23-25,28-33H2,1-2H3/t34-,36+,37-,38+,39-,41?,48?/m0/s1. The van der Waals surface area contributed by atoms with Crippen LogP contribution in [0.15, 0.2) is 35.2 Å². The molecule has 0 aliphatic carbocycles. The fourth-order valence-electron chi connectivity index (χ4n) is 7.74. The van der Waals surface area contributed by atoms with Gasteiger partial charge in [0, 0.05) is 11.3 Å². The van der Waals surface area contributed by atoms with Crippen molar-refractivity contribution in [1.82, 2.24) is 0 Å². The molecule has 2 heterocycles. The highest BCUT2D eigenvalue weighted by atomic mass is 32.2. The van der Waals surface area contributed by atoms with Crippen LogP contribution in [0.3, 0.4) is 0 Å².